The van der Waals surface area contributed by atoms with Crippen LogP contribution in [0.4, 0.5) is 10.2 Å². The minimum Gasteiger partial charge on any atom is -0.366 e. The molecule has 3 heterocycles. The van der Waals surface area contributed by atoms with Gasteiger partial charge < -0.3 is 20.9 Å². The van der Waals surface area contributed by atoms with E-state index in [9.17, 15) is 9.18 Å². The fourth-order valence-electron chi connectivity index (χ4n) is 4.31. The molecule has 2 aliphatic rings. The molecule has 0 atom stereocenters. The lowest BCUT2D eigenvalue weighted by Gasteiger charge is -2.36. The molecule has 0 spiro atoms. The second kappa shape index (κ2) is 7.68. The van der Waals surface area contributed by atoms with E-state index in [2.05, 4.69) is 20.9 Å². The van der Waals surface area contributed by atoms with E-state index in [-0.39, 0.29) is 12.6 Å². The summed E-state index contributed by atoms with van der Waals surface area (Å²) in [4.78, 5) is 25.2. The summed E-state index contributed by atoms with van der Waals surface area (Å²) in [7, 11) is 0. The number of H-pyrrole nitrogens is 1. The van der Waals surface area contributed by atoms with Crippen molar-refractivity contribution in [2.24, 2.45) is 0 Å². The van der Waals surface area contributed by atoms with Gasteiger partial charge in [0.05, 0.1) is 16.8 Å². The molecule has 4 N–H and O–H groups in total. The van der Waals surface area contributed by atoms with Crippen LogP contribution in [-0.4, -0.2) is 52.7 Å². The van der Waals surface area contributed by atoms with Gasteiger partial charge in [-0.05, 0) is 31.9 Å². The summed E-state index contributed by atoms with van der Waals surface area (Å²) in [5.41, 5.74) is 5.95. The van der Waals surface area contributed by atoms with E-state index in [0.717, 1.165) is 58.8 Å². The summed E-state index contributed by atoms with van der Waals surface area (Å²) in [6, 6.07) is 8.50. The molecule has 0 unspecified atom stereocenters. The van der Waals surface area contributed by atoms with Gasteiger partial charge >= 0.3 is 0 Å². The quantitative estimate of drug-likeness (QED) is 0.503. The third-order valence-electron chi connectivity index (χ3n) is 5.97. The van der Waals surface area contributed by atoms with Crippen molar-refractivity contribution in [2.45, 2.75) is 38.3 Å². The van der Waals surface area contributed by atoms with Crippen LogP contribution in [0.1, 0.15) is 34.6 Å². The number of fused-ring (bicyclic) bond motifs is 2. The smallest absolute Gasteiger partial charge is 0.253 e. The number of para-hydroxylation sites is 1. The Morgan fingerprint density at radius 2 is 2.07 bits per heavy atom. The Morgan fingerprint density at radius 1 is 1.20 bits per heavy atom. The van der Waals surface area contributed by atoms with Crippen molar-refractivity contribution in [3.8, 4) is 11.3 Å². The lowest BCUT2D eigenvalue weighted by molar-refractivity contribution is 0.0946. The molecule has 1 fully saturated rings. The van der Waals surface area contributed by atoms with Crippen LogP contribution in [0.2, 0.25) is 0 Å². The number of amides is 1. The zero-order valence-electron chi connectivity index (χ0n) is 16.9. The molecule has 3 aromatic rings. The van der Waals surface area contributed by atoms with Crippen molar-refractivity contribution in [1.29, 1.82) is 0 Å². The second-order valence-corrected chi connectivity index (χ2v) is 8.06. The van der Waals surface area contributed by atoms with E-state index in [0.29, 0.717) is 30.7 Å². The fourth-order valence-corrected chi connectivity index (χ4v) is 4.31. The Hall–Kier alpha value is -3.00. The number of benzene rings is 1. The number of anilines is 1. The van der Waals surface area contributed by atoms with Crippen LogP contribution >= 0.6 is 0 Å². The number of hydrogen-bond donors (Lipinski definition) is 4. The molecular weight excluding hydrogens is 383 g/mol. The first kappa shape index (κ1) is 19.0. The van der Waals surface area contributed by atoms with Crippen LogP contribution in [0, 0.1) is 6.92 Å². The number of hydrogen-bond acceptors (Lipinski definition) is 5. The molecule has 8 heteroatoms. The third-order valence-corrected chi connectivity index (χ3v) is 5.97. The maximum absolute atomic E-state index is 12.3. The average molecular weight is 408 g/mol. The summed E-state index contributed by atoms with van der Waals surface area (Å²) < 4.78 is 12.3. The second-order valence-electron chi connectivity index (χ2n) is 8.06. The van der Waals surface area contributed by atoms with Gasteiger partial charge in [0.1, 0.15) is 18.0 Å². The number of alkyl halides is 1. The van der Waals surface area contributed by atoms with E-state index >= 15 is 0 Å². The summed E-state index contributed by atoms with van der Waals surface area (Å²) in [6.07, 6.45) is 2.68. The number of aromatic nitrogens is 3. The van der Waals surface area contributed by atoms with Gasteiger partial charge in [0, 0.05) is 48.5 Å². The summed E-state index contributed by atoms with van der Waals surface area (Å²) in [5, 5.41) is 9.58. The number of halogens is 1. The standard InChI is InChI=1S/C22H25FN6O/c1-12-21(27-14-9-13(10-14)24-8-6-23)29-20-15(3-2-4-18(20)26-12)19-11-16-17(28-19)5-7-25-22(16)30/h2-4,11,13-14,24,28H,5-10H2,1H3,(H,25,30)(H,27,29)/t13-,14-. The molecule has 1 aromatic carbocycles. The van der Waals surface area contributed by atoms with Crippen molar-refractivity contribution in [2.75, 3.05) is 25.1 Å². The largest absolute Gasteiger partial charge is 0.366 e. The normalized spacial score (nSPS) is 20.5. The maximum Gasteiger partial charge on any atom is 0.253 e. The predicted octanol–water partition coefficient (Wildman–Crippen LogP) is 2.72. The molecule has 1 saturated carbocycles. The highest BCUT2D eigenvalue weighted by atomic mass is 19.1. The van der Waals surface area contributed by atoms with E-state index in [1.54, 1.807) is 0 Å². The minimum absolute atomic E-state index is 0.0378. The van der Waals surface area contributed by atoms with Gasteiger partial charge in [-0.2, -0.15) is 0 Å². The third kappa shape index (κ3) is 3.41. The lowest BCUT2D eigenvalue weighted by Crippen LogP contribution is -2.48. The maximum atomic E-state index is 12.3. The molecule has 0 bridgehead atoms. The van der Waals surface area contributed by atoms with E-state index in [1.807, 2.05) is 31.2 Å². The molecule has 1 aliphatic carbocycles. The van der Waals surface area contributed by atoms with Gasteiger partial charge in [0.2, 0.25) is 0 Å². The lowest BCUT2D eigenvalue weighted by atomic mass is 9.86. The molecule has 156 valence electrons. The number of carbonyl (C=O) groups excluding carboxylic acids is 1. The van der Waals surface area contributed by atoms with Crippen LogP contribution in [0.15, 0.2) is 24.3 Å². The zero-order valence-corrected chi connectivity index (χ0v) is 16.9. The highest BCUT2D eigenvalue weighted by Gasteiger charge is 2.29. The van der Waals surface area contributed by atoms with Gasteiger partial charge in [-0.15, -0.1) is 0 Å². The highest BCUT2D eigenvalue weighted by Crippen LogP contribution is 2.31. The first-order valence-electron chi connectivity index (χ1n) is 10.5. The molecule has 0 radical (unpaired) electrons. The minimum atomic E-state index is -0.337. The van der Waals surface area contributed by atoms with Gasteiger partial charge in [-0.1, -0.05) is 12.1 Å². The number of carbonyl (C=O) groups is 1. The molecular formula is C22H25FN6O. The van der Waals surface area contributed by atoms with Gasteiger partial charge in [0.15, 0.2) is 0 Å². The number of rotatable bonds is 6. The Balaban J connectivity index is 1.45. The van der Waals surface area contributed by atoms with Crippen LogP contribution in [-0.2, 0) is 6.42 Å². The summed E-state index contributed by atoms with van der Waals surface area (Å²) >= 11 is 0. The SMILES string of the molecule is Cc1nc2cccc(-c3cc4c([nH]3)CCNC4=O)c2nc1N[C@H]1C[C@H](NCCF)C1. The predicted molar refractivity (Wildman–Crippen MR) is 115 cm³/mol. The molecule has 30 heavy (non-hydrogen) atoms. The summed E-state index contributed by atoms with van der Waals surface area (Å²) in [5.74, 6) is 0.738. The summed E-state index contributed by atoms with van der Waals surface area (Å²) in [6.45, 7) is 2.68. The fraction of sp³-hybridized carbons (Fsp3) is 0.409. The molecule has 7 nitrogen and oxygen atoms in total. The first-order chi connectivity index (χ1) is 14.6. The Morgan fingerprint density at radius 3 is 2.87 bits per heavy atom. The van der Waals surface area contributed by atoms with Crippen molar-refractivity contribution in [1.82, 2.24) is 25.6 Å². The molecule has 1 amide bonds. The van der Waals surface area contributed by atoms with Crippen LogP contribution < -0.4 is 16.0 Å². The molecule has 0 saturated heterocycles. The number of aromatic amines is 1. The van der Waals surface area contributed by atoms with Crippen molar-refractivity contribution in [3.05, 3.63) is 41.2 Å². The first-order valence-corrected chi connectivity index (χ1v) is 10.5. The average Bonchev–Trinajstić information content (AvgIpc) is 3.15. The molecule has 5 rings (SSSR count). The van der Waals surface area contributed by atoms with Gasteiger partial charge in [0.25, 0.3) is 5.91 Å². The Labute approximate surface area is 173 Å². The van der Waals surface area contributed by atoms with Crippen molar-refractivity contribution in [3.63, 3.8) is 0 Å². The van der Waals surface area contributed by atoms with Crippen molar-refractivity contribution < 1.29 is 9.18 Å². The van der Waals surface area contributed by atoms with Gasteiger partial charge in [-0.3, -0.25) is 4.79 Å². The number of nitrogens with zero attached hydrogens (tertiary/aromatic N) is 2. The monoisotopic (exact) mass is 408 g/mol. The topological polar surface area (TPSA) is 94.7 Å². The van der Waals surface area contributed by atoms with Crippen molar-refractivity contribution >= 4 is 22.8 Å². The van der Waals surface area contributed by atoms with Crippen LogP contribution in [0.3, 0.4) is 0 Å². The Bertz CT molecular complexity index is 1100. The Kier molecular flexibility index (Phi) is 4.86. The van der Waals surface area contributed by atoms with Crippen LogP contribution in [0.5, 0.6) is 0 Å². The van der Waals surface area contributed by atoms with E-state index in [4.69, 9.17) is 9.97 Å². The van der Waals surface area contributed by atoms with E-state index < -0.39 is 0 Å². The van der Waals surface area contributed by atoms with Gasteiger partial charge in [-0.25, -0.2) is 14.4 Å². The molecule has 2 aromatic heterocycles. The van der Waals surface area contributed by atoms with E-state index in [1.165, 1.54) is 0 Å². The zero-order chi connectivity index (χ0) is 20.7. The van der Waals surface area contributed by atoms with Crippen LogP contribution in [0.25, 0.3) is 22.3 Å². The molecule has 1 aliphatic heterocycles. The number of nitrogens with one attached hydrogen (secondary N) is 4. The highest BCUT2D eigenvalue weighted by molar-refractivity contribution is 5.99. The number of aryl methyl sites for hydroxylation is 1.